The zero-order valence-corrected chi connectivity index (χ0v) is 10.9. The van der Waals surface area contributed by atoms with Gasteiger partial charge in [0.05, 0.1) is 7.11 Å². The van der Waals surface area contributed by atoms with Gasteiger partial charge in [-0.15, -0.1) is 0 Å². The molecular formula is C15H22O. The maximum atomic E-state index is 5.17. The van der Waals surface area contributed by atoms with Gasteiger partial charge < -0.3 is 4.74 Å². The molecule has 0 aliphatic carbocycles. The molecule has 0 radical (unpaired) electrons. The minimum Gasteiger partial charge on any atom is -0.497 e. The van der Waals surface area contributed by atoms with E-state index in [0.717, 1.165) is 5.75 Å². The first-order chi connectivity index (χ1) is 7.54. The second-order valence-corrected chi connectivity index (χ2v) is 4.75. The molecule has 0 bridgehead atoms. The summed E-state index contributed by atoms with van der Waals surface area (Å²) in [5.41, 5.74) is 2.71. The van der Waals surface area contributed by atoms with E-state index in [1.54, 1.807) is 7.11 Å². The van der Waals surface area contributed by atoms with E-state index in [9.17, 15) is 0 Å². The van der Waals surface area contributed by atoms with E-state index in [-0.39, 0.29) is 0 Å². The third-order valence-corrected chi connectivity index (χ3v) is 2.56. The van der Waals surface area contributed by atoms with Crippen molar-refractivity contribution in [3.8, 4) is 5.75 Å². The highest BCUT2D eigenvalue weighted by Gasteiger charge is 2.07. The molecule has 16 heavy (non-hydrogen) atoms. The van der Waals surface area contributed by atoms with Crippen molar-refractivity contribution in [1.82, 2.24) is 0 Å². The molecule has 0 heterocycles. The average molecular weight is 218 g/mol. The van der Waals surface area contributed by atoms with E-state index < -0.39 is 0 Å². The van der Waals surface area contributed by atoms with Crippen molar-refractivity contribution in [3.63, 3.8) is 0 Å². The first-order valence-corrected chi connectivity index (χ1v) is 5.90. The fraction of sp³-hybridized carbons (Fsp3) is 0.467. The van der Waals surface area contributed by atoms with Gasteiger partial charge in [0.25, 0.3) is 0 Å². The molecule has 0 aromatic heterocycles. The zero-order chi connectivity index (χ0) is 12.1. The molecule has 1 nitrogen and oxygen atoms in total. The van der Waals surface area contributed by atoms with Crippen LogP contribution in [0.2, 0.25) is 0 Å². The Morgan fingerprint density at radius 3 is 2.00 bits per heavy atom. The fourth-order valence-corrected chi connectivity index (χ4v) is 1.76. The maximum Gasteiger partial charge on any atom is 0.118 e. The van der Waals surface area contributed by atoms with Gasteiger partial charge in [-0.1, -0.05) is 45.9 Å². The van der Waals surface area contributed by atoms with E-state index in [1.165, 1.54) is 11.1 Å². The Morgan fingerprint density at radius 1 is 1.06 bits per heavy atom. The van der Waals surface area contributed by atoms with Crippen LogP contribution in [-0.4, -0.2) is 7.11 Å². The Morgan fingerprint density at radius 2 is 1.62 bits per heavy atom. The van der Waals surface area contributed by atoms with Crippen LogP contribution in [-0.2, 0) is 0 Å². The minimum absolute atomic E-state index is 0.552. The number of methoxy groups -OCH3 is 1. The van der Waals surface area contributed by atoms with Crippen LogP contribution in [0.1, 0.15) is 33.3 Å². The standard InChI is InChI=1S/C15H22O/c1-11(2)10-15(12(3)4)13-6-8-14(16-5)9-7-13/h6-12H,1-5H3/b15-10-. The molecule has 0 amide bonds. The lowest BCUT2D eigenvalue weighted by Gasteiger charge is -2.14. The van der Waals surface area contributed by atoms with Crippen LogP contribution in [0.4, 0.5) is 0 Å². The van der Waals surface area contributed by atoms with Gasteiger partial charge in [0.2, 0.25) is 0 Å². The Bertz CT molecular complexity index is 344. The van der Waals surface area contributed by atoms with E-state index in [0.29, 0.717) is 11.8 Å². The molecule has 0 spiro atoms. The number of rotatable bonds is 4. The quantitative estimate of drug-likeness (QED) is 0.728. The topological polar surface area (TPSA) is 9.23 Å². The van der Waals surface area contributed by atoms with E-state index in [2.05, 4.69) is 45.9 Å². The fourth-order valence-electron chi connectivity index (χ4n) is 1.76. The van der Waals surface area contributed by atoms with Gasteiger partial charge in [0, 0.05) is 0 Å². The molecule has 0 aliphatic rings. The molecule has 88 valence electrons. The Hall–Kier alpha value is -1.24. The normalized spacial score (nSPS) is 12.3. The van der Waals surface area contributed by atoms with Crippen LogP contribution in [0.15, 0.2) is 30.3 Å². The van der Waals surface area contributed by atoms with Crippen molar-refractivity contribution < 1.29 is 4.74 Å². The third kappa shape index (κ3) is 3.41. The van der Waals surface area contributed by atoms with Gasteiger partial charge in [0.15, 0.2) is 0 Å². The number of hydrogen-bond acceptors (Lipinski definition) is 1. The van der Waals surface area contributed by atoms with Crippen LogP contribution in [0.25, 0.3) is 5.57 Å². The predicted molar refractivity (Wildman–Crippen MR) is 70.6 cm³/mol. The van der Waals surface area contributed by atoms with Crippen LogP contribution in [0.3, 0.4) is 0 Å². The molecule has 0 unspecified atom stereocenters. The summed E-state index contributed by atoms with van der Waals surface area (Å²) in [6, 6.07) is 8.30. The first kappa shape index (κ1) is 12.8. The summed E-state index contributed by atoms with van der Waals surface area (Å²) in [7, 11) is 1.70. The molecular weight excluding hydrogens is 196 g/mol. The van der Waals surface area contributed by atoms with Gasteiger partial charge in [-0.05, 0) is 35.1 Å². The molecule has 0 saturated carbocycles. The highest BCUT2D eigenvalue weighted by atomic mass is 16.5. The monoisotopic (exact) mass is 218 g/mol. The maximum absolute atomic E-state index is 5.17. The van der Waals surface area contributed by atoms with E-state index in [4.69, 9.17) is 4.74 Å². The summed E-state index contributed by atoms with van der Waals surface area (Å²) >= 11 is 0. The highest BCUT2D eigenvalue weighted by molar-refractivity contribution is 5.67. The summed E-state index contributed by atoms with van der Waals surface area (Å²) < 4.78 is 5.17. The van der Waals surface area contributed by atoms with Crippen LogP contribution < -0.4 is 4.74 Å². The predicted octanol–water partition coefficient (Wildman–Crippen LogP) is 4.39. The van der Waals surface area contributed by atoms with Gasteiger partial charge >= 0.3 is 0 Å². The Labute approximate surface area is 99.1 Å². The van der Waals surface area contributed by atoms with E-state index >= 15 is 0 Å². The second-order valence-electron chi connectivity index (χ2n) is 4.75. The minimum atomic E-state index is 0.552. The van der Waals surface area contributed by atoms with Gasteiger partial charge in [-0.25, -0.2) is 0 Å². The SMILES string of the molecule is COc1ccc(/C(=C\C(C)C)C(C)C)cc1. The summed E-state index contributed by atoms with van der Waals surface area (Å²) in [6.07, 6.45) is 2.34. The summed E-state index contributed by atoms with van der Waals surface area (Å²) in [5, 5.41) is 0. The Balaban J connectivity index is 3.02. The summed E-state index contributed by atoms with van der Waals surface area (Å²) in [5.74, 6) is 2.05. The molecule has 1 aromatic carbocycles. The number of allylic oxidation sites excluding steroid dienone is 2. The smallest absolute Gasteiger partial charge is 0.118 e. The van der Waals surface area contributed by atoms with Gasteiger partial charge in [-0.2, -0.15) is 0 Å². The van der Waals surface area contributed by atoms with Gasteiger partial charge in [0.1, 0.15) is 5.75 Å². The van der Waals surface area contributed by atoms with Crippen LogP contribution in [0.5, 0.6) is 5.75 Å². The number of hydrogen-bond donors (Lipinski definition) is 0. The van der Waals surface area contributed by atoms with Crippen molar-refractivity contribution in [2.75, 3.05) is 7.11 Å². The molecule has 1 aromatic rings. The molecule has 0 atom stereocenters. The van der Waals surface area contributed by atoms with Crippen molar-refractivity contribution in [3.05, 3.63) is 35.9 Å². The Kier molecular flexibility index (Phi) is 4.60. The average Bonchev–Trinajstić information content (AvgIpc) is 2.25. The lowest BCUT2D eigenvalue weighted by Crippen LogP contribution is -1.96. The molecule has 1 rings (SSSR count). The van der Waals surface area contributed by atoms with Crippen molar-refractivity contribution in [1.29, 1.82) is 0 Å². The third-order valence-electron chi connectivity index (χ3n) is 2.56. The van der Waals surface area contributed by atoms with Crippen molar-refractivity contribution >= 4 is 5.57 Å². The van der Waals surface area contributed by atoms with Gasteiger partial charge in [-0.3, -0.25) is 0 Å². The zero-order valence-electron chi connectivity index (χ0n) is 10.9. The first-order valence-electron chi connectivity index (χ1n) is 5.90. The highest BCUT2D eigenvalue weighted by Crippen LogP contribution is 2.26. The lowest BCUT2D eigenvalue weighted by atomic mass is 9.92. The molecule has 0 saturated heterocycles. The van der Waals surface area contributed by atoms with Crippen LogP contribution >= 0.6 is 0 Å². The molecule has 0 aliphatic heterocycles. The molecule has 0 fully saturated rings. The van der Waals surface area contributed by atoms with Crippen LogP contribution in [0, 0.1) is 11.8 Å². The summed E-state index contributed by atoms with van der Waals surface area (Å²) in [4.78, 5) is 0. The number of benzene rings is 1. The van der Waals surface area contributed by atoms with Crippen molar-refractivity contribution in [2.45, 2.75) is 27.7 Å². The largest absolute Gasteiger partial charge is 0.497 e. The second kappa shape index (κ2) is 5.74. The molecule has 1 heteroatoms. The lowest BCUT2D eigenvalue weighted by molar-refractivity contribution is 0.415. The summed E-state index contributed by atoms with van der Waals surface area (Å²) in [6.45, 7) is 8.90. The van der Waals surface area contributed by atoms with Crippen molar-refractivity contribution in [2.24, 2.45) is 11.8 Å². The molecule has 0 N–H and O–H groups in total. The number of ether oxygens (including phenoxy) is 1. The van der Waals surface area contributed by atoms with E-state index in [1.807, 2.05) is 12.1 Å².